The van der Waals surface area contributed by atoms with Crippen molar-refractivity contribution in [1.29, 1.82) is 0 Å². The molecule has 5 heteroatoms. The molecule has 26 heavy (non-hydrogen) atoms. The SMILES string of the molecule is CCc1ccccc1N1C(=O)C2Cc3c([nH]c4ccccc34)CN2C1=S. The highest BCUT2D eigenvalue weighted by Crippen LogP contribution is 2.37. The maximum atomic E-state index is 13.3. The summed E-state index contributed by atoms with van der Waals surface area (Å²) in [6.07, 6.45) is 1.57. The number of nitrogens with zero attached hydrogens (tertiary/aromatic N) is 2. The van der Waals surface area contributed by atoms with Gasteiger partial charge in [0.05, 0.1) is 12.2 Å². The van der Waals surface area contributed by atoms with Gasteiger partial charge >= 0.3 is 0 Å². The van der Waals surface area contributed by atoms with Crippen LogP contribution in [0.25, 0.3) is 10.9 Å². The van der Waals surface area contributed by atoms with E-state index in [0.717, 1.165) is 23.2 Å². The number of aromatic amines is 1. The van der Waals surface area contributed by atoms with Gasteiger partial charge in [0.25, 0.3) is 5.91 Å². The molecule has 2 aliphatic rings. The molecule has 1 unspecified atom stereocenters. The predicted molar refractivity (Wildman–Crippen MR) is 107 cm³/mol. The zero-order valence-corrected chi connectivity index (χ0v) is 15.3. The number of aromatic nitrogens is 1. The average Bonchev–Trinajstić information content (AvgIpc) is 3.15. The lowest BCUT2D eigenvalue weighted by atomic mass is 9.97. The van der Waals surface area contributed by atoms with Crippen LogP contribution in [0.2, 0.25) is 0 Å². The largest absolute Gasteiger partial charge is 0.357 e. The lowest BCUT2D eigenvalue weighted by molar-refractivity contribution is -0.120. The molecule has 0 spiro atoms. The van der Waals surface area contributed by atoms with Crippen molar-refractivity contribution in [2.75, 3.05) is 4.90 Å². The molecule has 0 aliphatic carbocycles. The minimum absolute atomic E-state index is 0.0897. The number of nitrogens with one attached hydrogen (secondary N) is 1. The van der Waals surface area contributed by atoms with Crippen LogP contribution in [-0.4, -0.2) is 26.9 Å². The van der Waals surface area contributed by atoms with Crippen molar-refractivity contribution in [3.63, 3.8) is 0 Å². The first-order valence-corrected chi connectivity index (χ1v) is 9.40. The fourth-order valence-corrected chi connectivity index (χ4v) is 4.63. The van der Waals surface area contributed by atoms with E-state index in [2.05, 4.69) is 35.0 Å². The van der Waals surface area contributed by atoms with Crippen molar-refractivity contribution in [3.8, 4) is 0 Å². The van der Waals surface area contributed by atoms with E-state index in [1.54, 1.807) is 4.90 Å². The Balaban J connectivity index is 1.57. The summed E-state index contributed by atoms with van der Waals surface area (Å²) in [5.41, 5.74) is 5.62. The monoisotopic (exact) mass is 361 g/mol. The molecule has 0 saturated carbocycles. The molecule has 2 aromatic carbocycles. The van der Waals surface area contributed by atoms with Crippen molar-refractivity contribution < 1.29 is 4.79 Å². The van der Waals surface area contributed by atoms with E-state index in [0.29, 0.717) is 18.1 Å². The summed E-state index contributed by atoms with van der Waals surface area (Å²) in [7, 11) is 0. The lowest BCUT2D eigenvalue weighted by Crippen LogP contribution is -2.39. The summed E-state index contributed by atoms with van der Waals surface area (Å²) in [6, 6.07) is 16.1. The third kappa shape index (κ3) is 2.07. The summed E-state index contributed by atoms with van der Waals surface area (Å²) < 4.78 is 0. The molecule has 1 amide bonds. The van der Waals surface area contributed by atoms with Crippen LogP contribution < -0.4 is 4.90 Å². The number of thiocarbonyl (C=S) groups is 1. The van der Waals surface area contributed by atoms with E-state index in [4.69, 9.17) is 12.2 Å². The van der Waals surface area contributed by atoms with Crippen LogP contribution in [0.3, 0.4) is 0 Å². The van der Waals surface area contributed by atoms with Crippen LogP contribution in [0.1, 0.15) is 23.7 Å². The summed E-state index contributed by atoms with van der Waals surface area (Å²) in [6.45, 7) is 2.76. The molecule has 1 aromatic heterocycles. The number of benzene rings is 2. The molecule has 3 aromatic rings. The number of anilines is 1. The van der Waals surface area contributed by atoms with Crippen molar-refractivity contribution in [1.82, 2.24) is 9.88 Å². The van der Waals surface area contributed by atoms with Gasteiger partial charge in [-0.15, -0.1) is 0 Å². The summed E-state index contributed by atoms with van der Waals surface area (Å²) >= 11 is 5.73. The molecule has 4 nitrogen and oxygen atoms in total. The minimum atomic E-state index is -0.209. The third-order valence-corrected chi connectivity index (χ3v) is 5.98. The quantitative estimate of drug-likeness (QED) is 0.706. The first kappa shape index (κ1) is 15.6. The number of para-hydroxylation sites is 2. The Morgan fingerprint density at radius 1 is 1.15 bits per heavy atom. The van der Waals surface area contributed by atoms with Crippen LogP contribution in [0.5, 0.6) is 0 Å². The second-order valence-corrected chi connectivity index (χ2v) is 7.28. The highest BCUT2D eigenvalue weighted by molar-refractivity contribution is 7.80. The number of H-pyrrole nitrogens is 1. The molecule has 1 fully saturated rings. The maximum Gasteiger partial charge on any atom is 0.256 e. The number of rotatable bonds is 2. The molecule has 2 aliphatic heterocycles. The summed E-state index contributed by atoms with van der Waals surface area (Å²) in [5.74, 6) is 0.0897. The number of fused-ring (bicyclic) bond motifs is 4. The van der Waals surface area contributed by atoms with Crippen molar-refractivity contribution >= 4 is 39.8 Å². The van der Waals surface area contributed by atoms with Crippen LogP contribution in [0.4, 0.5) is 5.69 Å². The standard InChI is InChI=1S/C21H19N3OS/c1-2-13-7-3-6-10-18(13)24-20(25)19-11-15-14-8-4-5-9-16(14)22-17(15)12-23(19)21(24)26/h3-10,19,22H,2,11-12H2,1H3. The van der Waals surface area contributed by atoms with Gasteiger partial charge in [-0.2, -0.15) is 0 Å². The molecule has 3 heterocycles. The van der Waals surface area contributed by atoms with Gasteiger partial charge in [0.1, 0.15) is 6.04 Å². The summed E-state index contributed by atoms with van der Waals surface area (Å²) in [5, 5.41) is 1.83. The molecule has 0 bridgehead atoms. The smallest absolute Gasteiger partial charge is 0.256 e. The Labute approximate surface area is 157 Å². The van der Waals surface area contributed by atoms with E-state index < -0.39 is 0 Å². The molecule has 1 saturated heterocycles. The van der Waals surface area contributed by atoms with Gasteiger partial charge in [0.15, 0.2) is 5.11 Å². The highest BCUT2D eigenvalue weighted by atomic mass is 32.1. The Morgan fingerprint density at radius 3 is 2.77 bits per heavy atom. The van der Waals surface area contributed by atoms with Gasteiger partial charge in [-0.3, -0.25) is 9.69 Å². The molecule has 1 atom stereocenters. The van der Waals surface area contributed by atoms with E-state index >= 15 is 0 Å². The minimum Gasteiger partial charge on any atom is -0.357 e. The Hall–Kier alpha value is -2.66. The Morgan fingerprint density at radius 2 is 1.92 bits per heavy atom. The first-order valence-electron chi connectivity index (χ1n) is 9.00. The van der Waals surface area contributed by atoms with Gasteiger partial charge in [0.2, 0.25) is 0 Å². The molecule has 5 rings (SSSR count). The van der Waals surface area contributed by atoms with Crippen molar-refractivity contribution in [2.24, 2.45) is 0 Å². The topological polar surface area (TPSA) is 39.3 Å². The van der Waals surface area contributed by atoms with Crippen LogP contribution >= 0.6 is 12.2 Å². The second-order valence-electron chi connectivity index (χ2n) is 6.91. The average molecular weight is 361 g/mol. The van der Waals surface area contributed by atoms with E-state index in [-0.39, 0.29) is 11.9 Å². The zero-order valence-electron chi connectivity index (χ0n) is 14.5. The fraction of sp³-hybridized carbons (Fsp3) is 0.238. The number of carbonyl (C=O) groups is 1. The van der Waals surface area contributed by atoms with Crippen molar-refractivity contribution in [3.05, 3.63) is 65.4 Å². The highest BCUT2D eigenvalue weighted by Gasteiger charge is 2.46. The van der Waals surface area contributed by atoms with E-state index in [9.17, 15) is 4.79 Å². The van der Waals surface area contributed by atoms with E-state index in [1.165, 1.54) is 16.6 Å². The molecular weight excluding hydrogens is 342 g/mol. The first-order chi connectivity index (χ1) is 12.7. The van der Waals surface area contributed by atoms with Gasteiger partial charge in [0, 0.05) is 23.0 Å². The molecular formula is C21H19N3OS. The van der Waals surface area contributed by atoms with Gasteiger partial charge in [-0.1, -0.05) is 43.3 Å². The van der Waals surface area contributed by atoms with Crippen LogP contribution in [0, 0.1) is 0 Å². The maximum absolute atomic E-state index is 13.3. The Bertz CT molecular complexity index is 1050. The number of amides is 1. The molecule has 130 valence electrons. The number of hydrogen-bond acceptors (Lipinski definition) is 2. The van der Waals surface area contributed by atoms with Crippen molar-refractivity contribution in [2.45, 2.75) is 32.4 Å². The summed E-state index contributed by atoms with van der Waals surface area (Å²) in [4.78, 5) is 20.6. The lowest BCUT2D eigenvalue weighted by Gasteiger charge is -2.28. The van der Waals surface area contributed by atoms with Crippen LogP contribution in [0.15, 0.2) is 48.5 Å². The van der Waals surface area contributed by atoms with Gasteiger partial charge in [-0.05, 0) is 41.9 Å². The van der Waals surface area contributed by atoms with E-state index in [1.807, 2.05) is 30.3 Å². The fourth-order valence-electron chi connectivity index (χ4n) is 4.25. The zero-order chi connectivity index (χ0) is 17.8. The predicted octanol–water partition coefficient (Wildman–Crippen LogP) is 3.79. The normalized spacial score (nSPS) is 19.2. The number of carbonyl (C=O) groups excluding carboxylic acids is 1. The van der Waals surface area contributed by atoms with Gasteiger partial charge < -0.3 is 9.88 Å². The Kier molecular flexibility index (Phi) is 3.40. The third-order valence-electron chi connectivity index (χ3n) is 5.56. The number of hydrogen-bond donors (Lipinski definition) is 1. The molecule has 0 radical (unpaired) electrons. The number of aryl methyl sites for hydroxylation is 1. The molecule has 1 N–H and O–H groups in total. The van der Waals surface area contributed by atoms with Gasteiger partial charge in [-0.25, -0.2) is 0 Å². The van der Waals surface area contributed by atoms with Crippen LogP contribution in [-0.2, 0) is 24.2 Å². The second kappa shape index (κ2) is 5.68.